The van der Waals surface area contributed by atoms with Crippen molar-refractivity contribution in [1.29, 1.82) is 0 Å². The van der Waals surface area contributed by atoms with Crippen LogP contribution in [0.2, 0.25) is 5.02 Å². The van der Waals surface area contributed by atoms with Gasteiger partial charge >= 0.3 is 0 Å². The fourth-order valence-electron chi connectivity index (χ4n) is 3.23. The van der Waals surface area contributed by atoms with E-state index >= 15 is 0 Å². The van der Waals surface area contributed by atoms with Gasteiger partial charge in [-0.05, 0) is 30.5 Å². The third kappa shape index (κ3) is 2.89. The second-order valence-corrected chi connectivity index (χ2v) is 6.19. The highest BCUT2D eigenvalue weighted by atomic mass is 35.5. The largest absolute Gasteiger partial charge is 0.389 e. The number of hydrogen-bond acceptors (Lipinski definition) is 2. The van der Waals surface area contributed by atoms with E-state index in [-0.39, 0.29) is 5.92 Å². The molecule has 0 aliphatic heterocycles. The molecule has 1 aliphatic rings. The molecule has 1 aromatic heterocycles. The number of rotatable bonds is 4. The molecule has 0 bridgehead atoms. The molecule has 20 heavy (non-hydrogen) atoms. The van der Waals surface area contributed by atoms with Crippen LogP contribution in [0, 0.1) is 5.92 Å². The van der Waals surface area contributed by atoms with Crippen LogP contribution in [0.15, 0.2) is 43.0 Å². The Kier molecular flexibility index (Phi) is 3.81. The number of aliphatic hydroxyl groups is 1. The number of nitrogens with zero attached hydrogens (tertiary/aromatic N) is 2. The second-order valence-electron chi connectivity index (χ2n) is 5.76. The normalized spacial score (nSPS) is 26.0. The van der Waals surface area contributed by atoms with Crippen molar-refractivity contribution in [3.05, 3.63) is 53.6 Å². The summed E-state index contributed by atoms with van der Waals surface area (Å²) in [5.41, 5.74) is 0.535. The molecule has 1 heterocycles. The smallest absolute Gasteiger partial charge is 0.0946 e. The number of aromatic nitrogens is 2. The van der Waals surface area contributed by atoms with Gasteiger partial charge in [-0.25, -0.2) is 4.98 Å². The summed E-state index contributed by atoms with van der Waals surface area (Å²) in [6.45, 7) is 0.837. The van der Waals surface area contributed by atoms with Crippen LogP contribution in [0.25, 0.3) is 0 Å². The maximum atomic E-state index is 11.0. The monoisotopic (exact) mass is 290 g/mol. The van der Waals surface area contributed by atoms with Crippen molar-refractivity contribution in [3.63, 3.8) is 0 Å². The van der Waals surface area contributed by atoms with Crippen LogP contribution in [-0.4, -0.2) is 20.3 Å². The van der Waals surface area contributed by atoms with Crippen LogP contribution in [-0.2, 0) is 13.0 Å². The van der Waals surface area contributed by atoms with Crippen molar-refractivity contribution >= 4 is 11.6 Å². The third-order valence-corrected chi connectivity index (χ3v) is 4.59. The maximum absolute atomic E-state index is 11.0. The Bertz CT molecular complexity index is 552. The molecule has 2 unspecified atom stereocenters. The maximum Gasteiger partial charge on any atom is 0.0946 e. The second kappa shape index (κ2) is 5.58. The zero-order valence-corrected chi connectivity index (χ0v) is 12.1. The molecule has 4 heteroatoms. The Hall–Kier alpha value is -1.32. The van der Waals surface area contributed by atoms with Crippen LogP contribution in [0.5, 0.6) is 0 Å². The molecule has 106 valence electrons. The van der Waals surface area contributed by atoms with Gasteiger partial charge in [-0.1, -0.05) is 30.2 Å². The summed E-state index contributed by atoms with van der Waals surface area (Å²) in [6, 6.07) is 7.79. The van der Waals surface area contributed by atoms with Gasteiger partial charge in [-0.3, -0.25) is 0 Å². The first-order chi connectivity index (χ1) is 9.66. The minimum absolute atomic E-state index is 0.285. The molecular weight excluding hydrogens is 272 g/mol. The summed E-state index contributed by atoms with van der Waals surface area (Å²) in [5, 5.41) is 11.7. The molecule has 3 rings (SSSR count). The molecule has 2 atom stereocenters. The van der Waals surface area contributed by atoms with Gasteiger partial charge in [0.25, 0.3) is 0 Å². The van der Waals surface area contributed by atoms with Crippen molar-refractivity contribution in [3.8, 4) is 0 Å². The lowest BCUT2D eigenvalue weighted by Crippen LogP contribution is -2.37. The van der Waals surface area contributed by atoms with Gasteiger partial charge in [0.1, 0.15) is 0 Å². The highest BCUT2D eigenvalue weighted by Crippen LogP contribution is 2.39. The van der Waals surface area contributed by atoms with Gasteiger partial charge in [-0.2, -0.15) is 0 Å². The van der Waals surface area contributed by atoms with Crippen molar-refractivity contribution in [2.75, 3.05) is 0 Å². The molecule has 1 aliphatic carbocycles. The topological polar surface area (TPSA) is 38.0 Å². The molecule has 0 amide bonds. The lowest BCUT2D eigenvalue weighted by molar-refractivity contribution is -0.00348. The molecule has 1 aromatic carbocycles. The van der Waals surface area contributed by atoms with E-state index < -0.39 is 5.60 Å². The Morgan fingerprint density at radius 3 is 2.85 bits per heavy atom. The first-order valence-electron chi connectivity index (χ1n) is 7.08. The van der Waals surface area contributed by atoms with Gasteiger partial charge < -0.3 is 9.67 Å². The van der Waals surface area contributed by atoms with Crippen molar-refractivity contribution in [1.82, 2.24) is 9.55 Å². The average Bonchev–Trinajstić information content (AvgIpc) is 3.04. The quantitative estimate of drug-likeness (QED) is 0.938. The van der Waals surface area contributed by atoms with E-state index in [0.29, 0.717) is 6.42 Å². The van der Waals surface area contributed by atoms with Crippen LogP contribution in [0.1, 0.15) is 24.8 Å². The van der Waals surface area contributed by atoms with E-state index in [9.17, 15) is 5.11 Å². The summed E-state index contributed by atoms with van der Waals surface area (Å²) in [5.74, 6) is 0.285. The van der Waals surface area contributed by atoms with Crippen LogP contribution < -0.4 is 0 Å². The lowest BCUT2D eigenvalue weighted by Gasteiger charge is -2.30. The third-order valence-electron chi connectivity index (χ3n) is 4.34. The minimum Gasteiger partial charge on any atom is -0.389 e. The molecule has 0 radical (unpaired) electrons. The summed E-state index contributed by atoms with van der Waals surface area (Å²) >= 11 is 5.91. The van der Waals surface area contributed by atoms with Gasteiger partial charge in [0.05, 0.1) is 11.9 Å². The molecule has 1 N–H and O–H groups in total. The number of imidazole rings is 1. The molecule has 0 saturated heterocycles. The summed E-state index contributed by atoms with van der Waals surface area (Å²) < 4.78 is 2.06. The Labute approximate surface area is 124 Å². The van der Waals surface area contributed by atoms with E-state index in [4.69, 9.17) is 11.6 Å². The summed E-state index contributed by atoms with van der Waals surface area (Å²) in [6.07, 6.45) is 9.29. The molecule has 3 nitrogen and oxygen atoms in total. The highest BCUT2D eigenvalue weighted by molar-refractivity contribution is 6.30. The average molecular weight is 291 g/mol. The van der Waals surface area contributed by atoms with Crippen LogP contribution >= 0.6 is 11.6 Å². The Morgan fingerprint density at radius 2 is 2.15 bits per heavy atom. The number of hydrogen-bond donors (Lipinski definition) is 1. The van der Waals surface area contributed by atoms with Crippen LogP contribution in [0.4, 0.5) is 0 Å². The fourth-order valence-corrected chi connectivity index (χ4v) is 3.35. The number of benzene rings is 1. The predicted octanol–water partition coefficient (Wildman–Crippen LogP) is 3.31. The molecule has 2 aromatic rings. The van der Waals surface area contributed by atoms with Gasteiger partial charge in [0, 0.05) is 36.3 Å². The standard InChI is InChI=1S/C16H19ClN2O/c17-15-5-3-13(4-6-15)10-16(20)7-1-2-14(16)11-19-9-8-18-12-19/h3-6,8-9,12,14,20H,1-2,7,10-11H2. The first kappa shape index (κ1) is 13.7. The van der Waals surface area contributed by atoms with Crippen molar-refractivity contribution in [2.24, 2.45) is 5.92 Å². The van der Waals surface area contributed by atoms with Gasteiger partial charge in [0.2, 0.25) is 0 Å². The summed E-state index contributed by atoms with van der Waals surface area (Å²) in [7, 11) is 0. The zero-order valence-electron chi connectivity index (χ0n) is 11.4. The fraction of sp³-hybridized carbons (Fsp3) is 0.438. The van der Waals surface area contributed by atoms with E-state index in [1.54, 1.807) is 6.20 Å². The van der Waals surface area contributed by atoms with E-state index in [2.05, 4.69) is 9.55 Å². The Balaban J connectivity index is 1.73. The molecule has 1 fully saturated rings. The van der Waals surface area contributed by atoms with Gasteiger partial charge in [-0.15, -0.1) is 0 Å². The zero-order chi connectivity index (χ0) is 14.0. The number of halogens is 1. The van der Waals surface area contributed by atoms with E-state index in [1.165, 1.54) is 0 Å². The Morgan fingerprint density at radius 1 is 1.35 bits per heavy atom. The van der Waals surface area contributed by atoms with Crippen molar-refractivity contribution < 1.29 is 5.11 Å². The SMILES string of the molecule is OC1(Cc2ccc(Cl)cc2)CCCC1Cn1ccnc1. The minimum atomic E-state index is -0.613. The van der Waals surface area contributed by atoms with Crippen LogP contribution in [0.3, 0.4) is 0 Å². The summed E-state index contributed by atoms with van der Waals surface area (Å²) in [4.78, 5) is 4.07. The van der Waals surface area contributed by atoms with Crippen molar-refractivity contribution in [2.45, 2.75) is 37.8 Å². The predicted molar refractivity (Wildman–Crippen MR) is 79.7 cm³/mol. The van der Waals surface area contributed by atoms with E-state index in [0.717, 1.165) is 36.4 Å². The van der Waals surface area contributed by atoms with E-state index in [1.807, 2.05) is 36.8 Å². The lowest BCUT2D eigenvalue weighted by atomic mass is 9.84. The highest BCUT2D eigenvalue weighted by Gasteiger charge is 2.40. The van der Waals surface area contributed by atoms with Gasteiger partial charge in [0.15, 0.2) is 0 Å². The molecule has 1 saturated carbocycles. The molecular formula is C16H19ClN2O. The first-order valence-corrected chi connectivity index (χ1v) is 7.46. The molecule has 0 spiro atoms.